The Bertz CT molecular complexity index is 1040. The highest BCUT2D eigenvalue weighted by molar-refractivity contribution is 8.00. The van der Waals surface area contributed by atoms with Crippen LogP contribution in [0, 0.1) is 6.92 Å². The summed E-state index contributed by atoms with van der Waals surface area (Å²) in [5.74, 6) is 0.376. The number of hydrogen-bond acceptors (Lipinski definition) is 5. The summed E-state index contributed by atoms with van der Waals surface area (Å²) in [4.78, 5) is 25.0. The molecule has 0 saturated carbocycles. The van der Waals surface area contributed by atoms with Crippen molar-refractivity contribution < 1.29 is 4.79 Å². The molecule has 4 rings (SSSR count). The molecule has 2 aromatic heterocycles. The topological polar surface area (TPSA) is 46.1 Å². The molecule has 0 bridgehead atoms. The molecule has 140 valence electrons. The van der Waals surface area contributed by atoms with E-state index in [1.54, 1.807) is 22.9 Å². The lowest BCUT2D eigenvalue weighted by molar-refractivity contribution is -0.116. The Morgan fingerprint density at radius 2 is 1.82 bits per heavy atom. The Balaban J connectivity index is 1.58. The normalized spacial score (nSPS) is 10.9. The molecule has 0 radical (unpaired) electrons. The molecule has 4 nitrogen and oxygen atoms in total. The lowest BCUT2D eigenvalue weighted by Gasteiger charge is -2.19. The highest BCUT2D eigenvalue weighted by Gasteiger charge is 2.20. The molecule has 0 N–H and O–H groups in total. The van der Waals surface area contributed by atoms with Crippen LogP contribution >= 0.6 is 23.1 Å². The zero-order chi connectivity index (χ0) is 19.3. The maximum Gasteiger partial charge on any atom is 0.239 e. The van der Waals surface area contributed by atoms with Crippen LogP contribution in [0.3, 0.4) is 0 Å². The van der Waals surface area contributed by atoms with Gasteiger partial charge >= 0.3 is 0 Å². The fraction of sp³-hybridized carbons (Fsp3) is 0.136. The van der Waals surface area contributed by atoms with Crippen molar-refractivity contribution in [2.24, 2.45) is 0 Å². The van der Waals surface area contributed by atoms with Crippen molar-refractivity contribution in [1.82, 2.24) is 9.97 Å². The fourth-order valence-electron chi connectivity index (χ4n) is 2.75. The average molecular weight is 406 g/mol. The summed E-state index contributed by atoms with van der Waals surface area (Å²) in [7, 11) is 0. The van der Waals surface area contributed by atoms with Crippen LogP contribution in [0.25, 0.3) is 10.2 Å². The summed E-state index contributed by atoms with van der Waals surface area (Å²) < 4.78 is 1.07. The SMILES string of the molecule is Cc1ccc(SCC(=O)N(Cc2ccccn2)c2nc3ccccc3s2)cc1. The van der Waals surface area contributed by atoms with Gasteiger partial charge in [-0.3, -0.25) is 14.7 Å². The van der Waals surface area contributed by atoms with E-state index in [4.69, 9.17) is 0 Å². The quantitative estimate of drug-likeness (QED) is 0.407. The van der Waals surface area contributed by atoms with E-state index in [1.807, 2.05) is 54.6 Å². The van der Waals surface area contributed by atoms with E-state index < -0.39 is 0 Å². The number of fused-ring (bicyclic) bond motifs is 1. The van der Waals surface area contributed by atoms with Crippen LogP contribution in [0.15, 0.2) is 77.8 Å². The first-order valence-corrected chi connectivity index (χ1v) is 10.7. The maximum absolute atomic E-state index is 13.1. The van der Waals surface area contributed by atoms with Crippen LogP contribution < -0.4 is 4.90 Å². The standard InChI is InChI=1S/C22H19N3OS2/c1-16-9-11-18(12-10-16)27-15-21(26)25(14-17-6-4-5-13-23-17)22-24-19-7-2-3-8-20(19)28-22/h2-13H,14-15H2,1H3. The third-order valence-electron chi connectivity index (χ3n) is 4.24. The summed E-state index contributed by atoms with van der Waals surface area (Å²) >= 11 is 3.08. The summed E-state index contributed by atoms with van der Waals surface area (Å²) in [6.45, 7) is 2.47. The first-order chi connectivity index (χ1) is 13.7. The van der Waals surface area contributed by atoms with E-state index in [-0.39, 0.29) is 5.91 Å². The number of rotatable bonds is 6. The maximum atomic E-state index is 13.1. The van der Waals surface area contributed by atoms with Crippen LogP contribution in [-0.2, 0) is 11.3 Å². The molecule has 0 fully saturated rings. The molecule has 6 heteroatoms. The molecule has 0 aliphatic heterocycles. The van der Waals surface area contributed by atoms with Gasteiger partial charge in [-0.25, -0.2) is 4.98 Å². The fourth-order valence-corrected chi connectivity index (χ4v) is 4.51. The number of thioether (sulfide) groups is 1. The van der Waals surface area contributed by atoms with Gasteiger partial charge in [0.2, 0.25) is 5.91 Å². The smallest absolute Gasteiger partial charge is 0.239 e. The molecule has 1 amide bonds. The van der Waals surface area contributed by atoms with Gasteiger partial charge in [-0.2, -0.15) is 0 Å². The van der Waals surface area contributed by atoms with E-state index in [1.165, 1.54) is 16.9 Å². The lowest BCUT2D eigenvalue weighted by atomic mass is 10.2. The minimum atomic E-state index is 0.0234. The van der Waals surface area contributed by atoms with Gasteiger partial charge in [-0.05, 0) is 43.3 Å². The highest BCUT2D eigenvalue weighted by atomic mass is 32.2. The van der Waals surface area contributed by atoms with E-state index in [0.717, 1.165) is 20.8 Å². The Morgan fingerprint density at radius 3 is 2.57 bits per heavy atom. The van der Waals surface area contributed by atoms with Gasteiger partial charge in [0.25, 0.3) is 0 Å². The second kappa shape index (κ2) is 8.54. The minimum Gasteiger partial charge on any atom is -0.281 e. The van der Waals surface area contributed by atoms with E-state index >= 15 is 0 Å². The molecular weight excluding hydrogens is 386 g/mol. The number of amides is 1. The van der Waals surface area contributed by atoms with Crippen molar-refractivity contribution in [3.8, 4) is 0 Å². The molecule has 2 aromatic carbocycles. The zero-order valence-electron chi connectivity index (χ0n) is 15.4. The van der Waals surface area contributed by atoms with Crippen LogP contribution in [0.2, 0.25) is 0 Å². The van der Waals surface area contributed by atoms with Crippen molar-refractivity contribution in [2.75, 3.05) is 10.7 Å². The van der Waals surface area contributed by atoms with Crippen LogP contribution in [0.4, 0.5) is 5.13 Å². The van der Waals surface area contributed by atoms with Gasteiger partial charge < -0.3 is 0 Å². The Labute approximate surface area is 172 Å². The number of nitrogens with zero attached hydrogens (tertiary/aromatic N) is 3. The van der Waals surface area contributed by atoms with E-state index in [9.17, 15) is 4.79 Å². The number of aromatic nitrogens is 2. The van der Waals surface area contributed by atoms with Gasteiger partial charge in [0.05, 0.1) is 28.2 Å². The van der Waals surface area contributed by atoms with Crippen LogP contribution in [0.1, 0.15) is 11.3 Å². The molecule has 0 unspecified atom stereocenters. The number of hydrogen-bond donors (Lipinski definition) is 0. The zero-order valence-corrected chi connectivity index (χ0v) is 17.0. The van der Waals surface area contributed by atoms with Crippen molar-refractivity contribution in [3.63, 3.8) is 0 Å². The number of carbonyl (C=O) groups is 1. The first kappa shape index (κ1) is 18.7. The second-order valence-electron chi connectivity index (χ2n) is 6.37. The number of aryl methyl sites for hydroxylation is 1. The second-order valence-corrected chi connectivity index (χ2v) is 8.42. The predicted molar refractivity (Wildman–Crippen MR) is 117 cm³/mol. The van der Waals surface area contributed by atoms with Gasteiger partial charge in [0, 0.05) is 11.1 Å². The van der Waals surface area contributed by atoms with Crippen LogP contribution in [-0.4, -0.2) is 21.6 Å². The van der Waals surface area contributed by atoms with E-state index in [2.05, 4.69) is 29.0 Å². The van der Waals surface area contributed by atoms with Gasteiger partial charge in [-0.15, -0.1) is 11.8 Å². The summed E-state index contributed by atoms with van der Waals surface area (Å²) in [5.41, 5.74) is 2.96. The number of anilines is 1. The Hall–Kier alpha value is -2.70. The molecule has 0 aliphatic carbocycles. The molecule has 0 saturated heterocycles. The van der Waals surface area contributed by atoms with Gasteiger partial charge in [-0.1, -0.05) is 47.2 Å². The number of pyridine rings is 1. The van der Waals surface area contributed by atoms with Crippen molar-refractivity contribution >= 4 is 44.4 Å². The third-order valence-corrected chi connectivity index (χ3v) is 6.30. The number of para-hydroxylation sites is 1. The molecule has 0 atom stereocenters. The molecule has 0 spiro atoms. The summed E-state index contributed by atoms with van der Waals surface area (Å²) in [6.07, 6.45) is 1.75. The monoisotopic (exact) mass is 405 g/mol. The number of benzene rings is 2. The largest absolute Gasteiger partial charge is 0.281 e. The molecule has 4 aromatic rings. The predicted octanol–water partition coefficient (Wildman–Crippen LogP) is 5.33. The van der Waals surface area contributed by atoms with Gasteiger partial charge in [0.15, 0.2) is 5.13 Å². The average Bonchev–Trinajstić information content (AvgIpc) is 3.16. The Kier molecular flexibility index (Phi) is 5.69. The van der Waals surface area contributed by atoms with E-state index in [0.29, 0.717) is 17.4 Å². The molecular formula is C22H19N3OS2. The lowest BCUT2D eigenvalue weighted by Crippen LogP contribution is -2.32. The van der Waals surface area contributed by atoms with Gasteiger partial charge in [0.1, 0.15) is 0 Å². The highest BCUT2D eigenvalue weighted by Crippen LogP contribution is 2.30. The summed E-state index contributed by atoms with van der Waals surface area (Å²) in [6, 6.07) is 21.9. The molecule has 2 heterocycles. The molecule has 0 aliphatic rings. The first-order valence-electron chi connectivity index (χ1n) is 8.94. The van der Waals surface area contributed by atoms with Crippen molar-refractivity contribution in [3.05, 3.63) is 84.2 Å². The molecule has 28 heavy (non-hydrogen) atoms. The summed E-state index contributed by atoms with van der Waals surface area (Å²) in [5, 5.41) is 0.710. The third kappa shape index (κ3) is 4.40. The van der Waals surface area contributed by atoms with Crippen molar-refractivity contribution in [2.45, 2.75) is 18.4 Å². The Morgan fingerprint density at radius 1 is 1.04 bits per heavy atom. The minimum absolute atomic E-state index is 0.0234. The number of thiazole rings is 1. The number of carbonyl (C=O) groups excluding carboxylic acids is 1. The van der Waals surface area contributed by atoms with Crippen LogP contribution in [0.5, 0.6) is 0 Å². The van der Waals surface area contributed by atoms with Crippen molar-refractivity contribution in [1.29, 1.82) is 0 Å².